The summed E-state index contributed by atoms with van der Waals surface area (Å²) in [5.74, 6) is 0.727. The van der Waals surface area contributed by atoms with E-state index in [2.05, 4.69) is 15.5 Å². The summed E-state index contributed by atoms with van der Waals surface area (Å²) in [4.78, 5) is 15.8. The van der Waals surface area contributed by atoms with Crippen molar-refractivity contribution in [3.05, 3.63) is 47.6 Å². The molecule has 1 unspecified atom stereocenters. The zero-order chi connectivity index (χ0) is 14.5. The fourth-order valence-electron chi connectivity index (χ4n) is 1.70. The van der Waals surface area contributed by atoms with Gasteiger partial charge in [-0.25, -0.2) is 0 Å². The van der Waals surface area contributed by atoms with Crippen LogP contribution in [-0.4, -0.2) is 22.1 Å². The number of nitrogens with zero attached hydrogens (tertiary/aromatic N) is 2. The molecule has 2 rings (SSSR count). The molecule has 0 aliphatic carbocycles. The van der Waals surface area contributed by atoms with Crippen molar-refractivity contribution in [3.63, 3.8) is 0 Å². The van der Waals surface area contributed by atoms with Gasteiger partial charge in [0, 0.05) is 0 Å². The number of benzene rings is 1. The molecule has 3 N–H and O–H groups in total. The first-order valence-corrected chi connectivity index (χ1v) is 6.48. The van der Waals surface area contributed by atoms with E-state index < -0.39 is 6.04 Å². The molecule has 0 aliphatic heterocycles. The Balaban J connectivity index is 0.00000220. The Morgan fingerprint density at radius 2 is 2.00 bits per heavy atom. The van der Waals surface area contributed by atoms with Crippen LogP contribution in [0.2, 0.25) is 0 Å². The molecule has 0 spiro atoms. The van der Waals surface area contributed by atoms with E-state index in [-0.39, 0.29) is 24.4 Å². The molecule has 1 amide bonds. The molecule has 1 heterocycles. The van der Waals surface area contributed by atoms with E-state index in [1.807, 2.05) is 30.3 Å². The van der Waals surface area contributed by atoms with Gasteiger partial charge in [-0.2, -0.15) is 4.98 Å². The molecule has 0 bridgehead atoms. The van der Waals surface area contributed by atoms with Gasteiger partial charge < -0.3 is 15.6 Å². The van der Waals surface area contributed by atoms with Crippen LogP contribution in [-0.2, 0) is 11.2 Å². The van der Waals surface area contributed by atoms with Crippen LogP contribution in [0.1, 0.15) is 37.2 Å². The first-order chi connectivity index (χ1) is 9.56. The fourth-order valence-corrected chi connectivity index (χ4v) is 1.70. The molecular weight excluding hydrogens is 292 g/mol. The summed E-state index contributed by atoms with van der Waals surface area (Å²) in [6.07, 6.45) is 0.571. The summed E-state index contributed by atoms with van der Waals surface area (Å²) < 4.78 is 5.19. The highest BCUT2D eigenvalue weighted by Gasteiger charge is 2.17. The monoisotopic (exact) mass is 310 g/mol. The van der Waals surface area contributed by atoms with Gasteiger partial charge in [0.25, 0.3) is 0 Å². The highest BCUT2D eigenvalue weighted by molar-refractivity contribution is 5.85. The predicted molar refractivity (Wildman–Crippen MR) is 81.0 cm³/mol. The van der Waals surface area contributed by atoms with Crippen LogP contribution in [0.15, 0.2) is 34.9 Å². The second-order valence-electron chi connectivity index (χ2n) is 4.73. The van der Waals surface area contributed by atoms with Gasteiger partial charge in [-0.15, -0.1) is 12.4 Å². The van der Waals surface area contributed by atoms with Crippen LogP contribution in [0.5, 0.6) is 0 Å². The lowest BCUT2D eigenvalue weighted by molar-refractivity contribution is -0.122. The molecule has 7 heteroatoms. The minimum absolute atomic E-state index is 0. The number of aromatic nitrogens is 2. The topological polar surface area (TPSA) is 94.0 Å². The van der Waals surface area contributed by atoms with Crippen LogP contribution < -0.4 is 11.1 Å². The van der Waals surface area contributed by atoms with E-state index in [9.17, 15) is 4.79 Å². The van der Waals surface area contributed by atoms with E-state index in [0.29, 0.717) is 18.1 Å². The summed E-state index contributed by atoms with van der Waals surface area (Å²) in [6.45, 7) is 3.41. The first kappa shape index (κ1) is 17.1. The maximum atomic E-state index is 11.5. The highest BCUT2D eigenvalue weighted by atomic mass is 35.5. The number of carbonyl (C=O) groups excluding carboxylic acids is 1. The maximum Gasteiger partial charge on any atom is 0.237 e. The SMILES string of the molecule is CC(NC(=O)[C@H](C)N)c1noc(Cc2ccccc2)n1.Cl. The molecule has 114 valence electrons. The largest absolute Gasteiger partial charge is 0.345 e. The standard InChI is InChI=1S/C14H18N4O2.ClH/c1-9(15)14(19)16-10(2)13-17-12(20-18-13)8-11-6-4-3-5-7-11;/h3-7,9-10H,8,15H2,1-2H3,(H,16,19);1H/t9-,10?;/m0./s1. The first-order valence-electron chi connectivity index (χ1n) is 6.48. The smallest absolute Gasteiger partial charge is 0.237 e. The molecule has 2 aromatic rings. The van der Waals surface area contributed by atoms with Crippen LogP contribution >= 0.6 is 12.4 Å². The second kappa shape index (κ2) is 7.75. The van der Waals surface area contributed by atoms with Crippen molar-refractivity contribution < 1.29 is 9.32 Å². The summed E-state index contributed by atoms with van der Waals surface area (Å²) >= 11 is 0. The van der Waals surface area contributed by atoms with Gasteiger partial charge in [0.05, 0.1) is 18.5 Å². The van der Waals surface area contributed by atoms with Crippen LogP contribution in [0, 0.1) is 0 Å². The maximum absolute atomic E-state index is 11.5. The lowest BCUT2D eigenvalue weighted by atomic mass is 10.1. The van der Waals surface area contributed by atoms with E-state index in [4.69, 9.17) is 10.3 Å². The van der Waals surface area contributed by atoms with Crippen molar-refractivity contribution in [1.82, 2.24) is 15.5 Å². The molecule has 1 aromatic heterocycles. The lowest BCUT2D eigenvalue weighted by Crippen LogP contribution is -2.39. The molecule has 21 heavy (non-hydrogen) atoms. The average molecular weight is 311 g/mol. The van der Waals surface area contributed by atoms with Gasteiger partial charge in [0.15, 0.2) is 5.82 Å². The Kier molecular flexibility index (Phi) is 6.33. The number of amides is 1. The summed E-state index contributed by atoms with van der Waals surface area (Å²) in [5.41, 5.74) is 6.59. The predicted octanol–water partition coefficient (Wildman–Crippen LogP) is 1.61. The highest BCUT2D eigenvalue weighted by Crippen LogP contribution is 2.11. The van der Waals surface area contributed by atoms with Gasteiger partial charge >= 0.3 is 0 Å². The van der Waals surface area contributed by atoms with Gasteiger partial charge in [-0.3, -0.25) is 4.79 Å². The van der Waals surface area contributed by atoms with Crippen molar-refractivity contribution in [3.8, 4) is 0 Å². The summed E-state index contributed by atoms with van der Waals surface area (Å²) in [6, 6.07) is 8.95. The van der Waals surface area contributed by atoms with Crippen LogP contribution in [0.25, 0.3) is 0 Å². The third kappa shape index (κ3) is 4.84. The zero-order valence-corrected chi connectivity index (χ0v) is 12.8. The number of carbonyl (C=O) groups is 1. The van der Waals surface area contributed by atoms with Crippen LogP contribution in [0.3, 0.4) is 0 Å². The van der Waals surface area contributed by atoms with Crippen molar-refractivity contribution in [2.75, 3.05) is 0 Å². The van der Waals surface area contributed by atoms with Gasteiger partial charge in [-0.05, 0) is 19.4 Å². The van der Waals surface area contributed by atoms with E-state index >= 15 is 0 Å². The molecule has 0 saturated heterocycles. The number of nitrogens with two attached hydrogens (primary N) is 1. The molecule has 2 atom stereocenters. The Morgan fingerprint density at radius 3 is 2.62 bits per heavy atom. The van der Waals surface area contributed by atoms with Gasteiger partial charge in [0.2, 0.25) is 11.8 Å². The Labute approximate surface area is 129 Å². The van der Waals surface area contributed by atoms with E-state index in [1.165, 1.54) is 0 Å². The summed E-state index contributed by atoms with van der Waals surface area (Å²) in [7, 11) is 0. The Hall–Kier alpha value is -1.92. The van der Waals surface area contributed by atoms with Crippen molar-refractivity contribution >= 4 is 18.3 Å². The van der Waals surface area contributed by atoms with Crippen LogP contribution in [0.4, 0.5) is 0 Å². The zero-order valence-electron chi connectivity index (χ0n) is 11.9. The third-order valence-corrected chi connectivity index (χ3v) is 2.84. The average Bonchev–Trinajstić information content (AvgIpc) is 2.88. The van der Waals surface area contributed by atoms with Crippen molar-refractivity contribution in [2.24, 2.45) is 5.73 Å². The minimum Gasteiger partial charge on any atom is -0.345 e. The second-order valence-corrected chi connectivity index (χ2v) is 4.73. The molecule has 6 nitrogen and oxygen atoms in total. The molecule has 0 fully saturated rings. The van der Waals surface area contributed by atoms with Crippen molar-refractivity contribution in [2.45, 2.75) is 32.4 Å². The Bertz CT molecular complexity index is 571. The third-order valence-electron chi connectivity index (χ3n) is 2.84. The molecule has 0 radical (unpaired) electrons. The lowest BCUT2D eigenvalue weighted by Gasteiger charge is -2.11. The van der Waals surface area contributed by atoms with Gasteiger partial charge in [0.1, 0.15) is 0 Å². The molecule has 0 aliphatic rings. The summed E-state index contributed by atoms with van der Waals surface area (Å²) in [5, 5.41) is 6.61. The van der Waals surface area contributed by atoms with Gasteiger partial charge in [-0.1, -0.05) is 35.5 Å². The number of hydrogen-bond donors (Lipinski definition) is 2. The fraction of sp³-hybridized carbons (Fsp3) is 0.357. The molecule has 1 aromatic carbocycles. The van der Waals surface area contributed by atoms with Crippen molar-refractivity contribution in [1.29, 1.82) is 0 Å². The molecule has 0 saturated carbocycles. The Morgan fingerprint density at radius 1 is 1.33 bits per heavy atom. The minimum atomic E-state index is -0.562. The number of halogens is 1. The quantitative estimate of drug-likeness (QED) is 0.875. The number of hydrogen-bond acceptors (Lipinski definition) is 5. The normalized spacial score (nSPS) is 13.1. The van der Waals surface area contributed by atoms with E-state index in [1.54, 1.807) is 13.8 Å². The number of rotatable bonds is 5. The molecular formula is C14H19ClN4O2. The number of nitrogens with one attached hydrogen (secondary N) is 1. The van der Waals surface area contributed by atoms with E-state index in [0.717, 1.165) is 5.56 Å².